The van der Waals surface area contributed by atoms with Crippen molar-refractivity contribution in [1.82, 2.24) is 0 Å². The van der Waals surface area contributed by atoms with Crippen molar-refractivity contribution in [3.8, 4) is 0 Å². The first-order valence-corrected chi connectivity index (χ1v) is 10.6. The van der Waals surface area contributed by atoms with Crippen LogP contribution in [0.15, 0.2) is 70.0 Å². The van der Waals surface area contributed by atoms with Gasteiger partial charge in [-0.1, -0.05) is 30.3 Å². The second-order valence-electron chi connectivity index (χ2n) is 6.65. The Morgan fingerprint density at radius 1 is 1.00 bits per heavy atom. The lowest BCUT2D eigenvalue weighted by Gasteiger charge is -2.09. The number of sulfonamides is 1. The molecule has 0 bridgehead atoms. The van der Waals surface area contributed by atoms with E-state index in [-0.39, 0.29) is 17.1 Å². The van der Waals surface area contributed by atoms with Gasteiger partial charge in [-0.15, -0.1) is 0 Å². The fraction of sp³-hybridized carbons (Fsp3) is 0.136. The summed E-state index contributed by atoms with van der Waals surface area (Å²) in [6.45, 7) is 0.0806. The second-order valence-corrected chi connectivity index (χ2v) is 8.33. The van der Waals surface area contributed by atoms with Gasteiger partial charge in [0.05, 0.1) is 12.0 Å². The number of ether oxygens (including phenoxy) is 2. The normalized spacial score (nSPS) is 11.7. The number of methoxy groups -OCH3 is 2. The molecule has 7 nitrogen and oxygen atoms in total. The van der Waals surface area contributed by atoms with Crippen molar-refractivity contribution in [3.63, 3.8) is 0 Å². The first-order chi connectivity index (χ1) is 14.4. The molecule has 0 atom stereocenters. The summed E-state index contributed by atoms with van der Waals surface area (Å²) in [5.74, 6) is -0.274. The zero-order valence-corrected chi connectivity index (χ0v) is 17.2. The van der Waals surface area contributed by atoms with Gasteiger partial charge in [0.15, 0.2) is 0 Å². The van der Waals surface area contributed by atoms with Crippen LogP contribution in [0.3, 0.4) is 0 Å². The molecular weight excluding hydrogens is 406 g/mol. The highest BCUT2D eigenvalue weighted by atomic mass is 32.2. The summed E-state index contributed by atoms with van der Waals surface area (Å²) >= 11 is 0. The molecule has 0 spiro atoms. The average Bonchev–Trinajstić information content (AvgIpc) is 3.10. The number of esters is 1. The van der Waals surface area contributed by atoms with Gasteiger partial charge in [-0.05, 0) is 41.1 Å². The van der Waals surface area contributed by atoms with E-state index in [9.17, 15) is 13.2 Å². The van der Waals surface area contributed by atoms with Crippen LogP contribution in [-0.4, -0.2) is 28.6 Å². The highest BCUT2D eigenvalue weighted by Crippen LogP contribution is 2.31. The second kappa shape index (κ2) is 7.81. The van der Waals surface area contributed by atoms with E-state index in [1.165, 1.54) is 14.2 Å². The molecule has 0 saturated heterocycles. The van der Waals surface area contributed by atoms with E-state index in [1.54, 1.807) is 36.4 Å². The van der Waals surface area contributed by atoms with Crippen LogP contribution in [0.2, 0.25) is 0 Å². The van der Waals surface area contributed by atoms with Crippen LogP contribution < -0.4 is 4.72 Å². The molecule has 8 heteroatoms. The maximum Gasteiger partial charge on any atom is 0.342 e. The van der Waals surface area contributed by atoms with Crippen molar-refractivity contribution in [2.75, 3.05) is 18.9 Å². The molecule has 3 aromatic carbocycles. The summed E-state index contributed by atoms with van der Waals surface area (Å²) in [6.07, 6.45) is 0. The third kappa shape index (κ3) is 3.62. The molecule has 1 aromatic heterocycles. The lowest BCUT2D eigenvalue weighted by atomic mass is 10.1. The number of fused-ring (bicyclic) bond motifs is 2. The van der Waals surface area contributed by atoms with Crippen molar-refractivity contribution >= 4 is 43.4 Å². The molecule has 4 rings (SSSR count). The van der Waals surface area contributed by atoms with Gasteiger partial charge in [-0.3, -0.25) is 4.72 Å². The lowest BCUT2D eigenvalue weighted by Crippen LogP contribution is -2.13. The topological polar surface area (TPSA) is 94.8 Å². The predicted molar refractivity (Wildman–Crippen MR) is 113 cm³/mol. The van der Waals surface area contributed by atoms with E-state index >= 15 is 0 Å². The van der Waals surface area contributed by atoms with Gasteiger partial charge in [0, 0.05) is 18.2 Å². The van der Waals surface area contributed by atoms with Crippen LogP contribution in [0.25, 0.3) is 21.7 Å². The van der Waals surface area contributed by atoms with Crippen molar-refractivity contribution in [2.45, 2.75) is 11.5 Å². The molecule has 1 heterocycles. The first kappa shape index (κ1) is 19.9. The highest BCUT2D eigenvalue weighted by molar-refractivity contribution is 7.92. The number of nitrogens with one attached hydrogen (secondary N) is 1. The van der Waals surface area contributed by atoms with Crippen LogP contribution in [0.1, 0.15) is 16.1 Å². The van der Waals surface area contributed by atoms with Crippen molar-refractivity contribution in [1.29, 1.82) is 0 Å². The molecule has 1 N–H and O–H groups in total. The third-order valence-electron chi connectivity index (χ3n) is 4.71. The van der Waals surface area contributed by atoms with Gasteiger partial charge >= 0.3 is 5.97 Å². The van der Waals surface area contributed by atoms with Gasteiger partial charge in [0.2, 0.25) is 0 Å². The maximum atomic E-state index is 12.9. The fourth-order valence-corrected chi connectivity index (χ4v) is 4.40. The summed E-state index contributed by atoms with van der Waals surface area (Å²) in [4.78, 5) is 12.4. The summed E-state index contributed by atoms with van der Waals surface area (Å²) < 4.78 is 44.0. The van der Waals surface area contributed by atoms with Crippen molar-refractivity contribution in [2.24, 2.45) is 0 Å². The van der Waals surface area contributed by atoms with E-state index in [1.807, 2.05) is 24.3 Å². The largest absolute Gasteiger partial charge is 0.465 e. The van der Waals surface area contributed by atoms with E-state index in [0.717, 1.165) is 10.8 Å². The van der Waals surface area contributed by atoms with Crippen LogP contribution >= 0.6 is 0 Å². The standard InChI is InChI=1S/C22H19NO6S/c1-27-13-20-21(22(24)28-2)18-12-16(8-10-19(18)29-20)23-30(25,26)17-9-7-14-5-3-4-6-15(14)11-17/h3-12,23H,13H2,1-2H3. The fourth-order valence-electron chi connectivity index (χ4n) is 3.32. The summed E-state index contributed by atoms with van der Waals surface area (Å²) in [5, 5.41) is 2.21. The number of benzene rings is 3. The summed E-state index contributed by atoms with van der Waals surface area (Å²) in [5.41, 5.74) is 0.933. The Labute approximate surface area is 173 Å². The van der Waals surface area contributed by atoms with E-state index in [4.69, 9.17) is 13.9 Å². The molecule has 0 amide bonds. The van der Waals surface area contributed by atoms with Crippen LogP contribution in [0.5, 0.6) is 0 Å². The predicted octanol–water partition coefficient (Wildman–Crippen LogP) is 4.32. The van der Waals surface area contributed by atoms with Gasteiger partial charge in [-0.2, -0.15) is 0 Å². The van der Waals surface area contributed by atoms with Crippen molar-refractivity contribution in [3.05, 3.63) is 72.0 Å². The number of anilines is 1. The number of hydrogen-bond donors (Lipinski definition) is 1. The Morgan fingerprint density at radius 2 is 1.77 bits per heavy atom. The first-order valence-electron chi connectivity index (χ1n) is 9.07. The molecule has 0 saturated carbocycles. The monoisotopic (exact) mass is 425 g/mol. The Kier molecular flexibility index (Phi) is 5.19. The van der Waals surface area contributed by atoms with Crippen LogP contribution in [0.4, 0.5) is 5.69 Å². The SMILES string of the molecule is COCc1oc2ccc(NS(=O)(=O)c3ccc4ccccc4c3)cc2c1C(=O)OC. The number of carbonyl (C=O) groups excluding carboxylic acids is 1. The zero-order chi connectivity index (χ0) is 21.3. The molecule has 0 fully saturated rings. The minimum atomic E-state index is -3.84. The number of rotatable bonds is 6. The Hall–Kier alpha value is -3.36. The molecule has 154 valence electrons. The quantitative estimate of drug-likeness (QED) is 0.462. The third-order valence-corrected chi connectivity index (χ3v) is 6.09. The minimum Gasteiger partial charge on any atom is -0.465 e. The average molecular weight is 425 g/mol. The summed E-state index contributed by atoms with van der Waals surface area (Å²) in [6, 6.07) is 17.2. The van der Waals surface area contributed by atoms with Gasteiger partial charge in [-0.25, -0.2) is 13.2 Å². The molecule has 4 aromatic rings. The van der Waals surface area contributed by atoms with E-state index in [0.29, 0.717) is 22.4 Å². The van der Waals surface area contributed by atoms with Crippen molar-refractivity contribution < 1.29 is 27.1 Å². The zero-order valence-electron chi connectivity index (χ0n) is 16.3. The smallest absolute Gasteiger partial charge is 0.342 e. The Morgan fingerprint density at radius 3 is 2.50 bits per heavy atom. The van der Waals surface area contributed by atoms with E-state index in [2.05, 4.69) is 4.72 Å². The maximum absolute atomic E-state index is 12.9. The lowest BCUT2D eigenvalue weighted by molar-refractivity contribution is 0.0594. The van der Waals surface area contributed by atoms with Crippen LogP contribution in [0, 0.1) is 0 Å². The van der Waals surface area contributed by atoms with E-state index < -0.39 is 16.0 Å². The van der Waals surface area contributed by atoms with Crippen LogP contribution in [-0.2, 0) is 26.1 Å². The molecule has 0 radical (unpaired) electrons. The van der Waals surface area contributed by atoms with Gasteiger partial charge in [0.25, 0.3) is 10.0 Å². The molecule has 0 aliphatic rings. The van der Waals surface area contributed by atoms with Gasteiger partial charge in [0.1, 0.15) is 23.5 Å². The number of hydrogen-bond acceptors (Lipinski definition) is 6. The summed E-state index contributed by atoms with van der Waals surface area (Å²) in [7, 11) is -1.09. The molecule has 0 unspecified atom stereocenters. The Bertz CT molecular complexity index is 1360. The molecule has 0 aliphatic carbocycles. The number of carbonyl (C=O) groups is 1. The minimum absolute atomic E-state index is 0.0806. The number of furan rings is 1. The highest BCUT2D eigenvalue weighted by Gasteiger charge is 2.23. The molecule has 0 aliphatic heterocycles. The molecular formula is C22H19NO6S. The molecule has 30 heavy (non-hydrogen) atoms. The van der Waals surface area contributed by atoms with Gasteiger partial charge < -0.3 is 13.9 Å². The Balaban J connectivity index is 1.74.